The standard InChI is InChI=1S/C17H21NO2/c1-18-7-6-14-15-10-13(19)4-5-16(15)20-17(14)9-12(18)8-11-2-3-11/h4-5,10-12,19H,2-3,6-9H2,1H3. The van der Waals surface area contributed by atoms with E-state index in [1.165, 1.54) is 24.8 Å². The summed E-state index contributed by atoms with van der Waals surface area (Å²) in [5.74, 6) is 2.41. The van der Waals surface area contributed by atoms with Crippen molar-refractivity contribution in [2.75, 3.05) is 13.6 Å². The average Bonchev–Trinajstić information content (AvgIpc) is 3.19. The van der Waals surface area contributed by atoms with Crippen LogP contribution in [0.1, 0.15) is 30.6 Å². The lowest BCUT2D eigenvalue weighted by Gasteiger charge is -2.25. The van der Waals surface area contributed by atoms with Gasteiger partial charge in [-0.1, -0.05) is 12.8 Å². The Kier molecular flexibility index (Phi) is 2.77. The molecule has 1 fully saturated rings. The van der Waals surface area contributed by atoms with Crippen LogP contribution in [0.15, 0.2) is 22.6 Å². The molecule has 1 N–H and O–H groups in total. The first kappa shape index (κ1) is 12.3. The van der Waals surface area contributed by atoms with Crippen LogP contribution < -0.4 is 0 Å². The van der Waals surface area contributed by atoms with Crippen LogP contribution in [0.4, 0.5) is 0 Å². The predicted octanol–water partition coefficient (Wildman–Crippen LogP) is 3.34. The molecule has 0 bridgehead atoms. The summed E-state index contributed by atoms with van der Waals surface area (Å²) in [5, 5.41) is 10.8. The molecule has 1 aromatic carbocycles. The summed E-state index contributed by atoms with van der Waals surface area (Å²) in [4.78, 5) is 2.49. The Balaban J connectivity index is 1.72. The molecule has 1 aliphatic heterocycles. The Bertz CT molecular complexity index is 642. The Hall–Kier alpha value is -1.48. The third-order valence-electron chi connectivity index (χ3n) is 4.92. The molecule has 0 saturated heterocycles. The van der Waals surface area contributed by atoms with Crippen molar-refractivity contribution >= 4 is 11.0 Å². The van der Waals surface area contributed by atoms with E-state index in [0.717, 1.165) is 42.0 Å². The van der Waals surface area contributed by atoms with E-state index < -0.39 is 0 Å². The normalized spacial score (nSPS) is 23.8. The first-order chi connectivity index (χ1) is 9.70. The summed E-state index contributed by atoms with van der Waals surface area (Å²) in [6.45, 7) is 1.08. The first-order valence-electron chi connectivity index (χ1n) is 7.64. The van der Waals surface area contributed by atoms with Gasteiger partial charge in [0.15, 0.2) is 0 Å². The molecular weight excluding hydrogens is 250 g/mol. The van der Waals surface area contributed by atoms with Crippen LogP contribution in [0, 0.1) is 5.92 Å². The van der Waals surface area contributed by atoms with Crippen molar-refractivity contribution in [1.29, 1.82) is 0 Å². The van der Waals surface area contributed by atoms with Gasteiger partial charge < -0.3 is 14.4 Å². The number of benzene rings is 1. The molecule has 2 aliphatic rings. The molecule has 0 amide bonds. The summed E-state index contributed by atoms with van der Waals surface area (Å²) < 4.78 is 6.07. The fourth-order valence-corrected chi connectivity index (χ4v) is 3.47. The molecule has 20 heavy (non-hydrogen) atoms. The number of likely N-dealkylation sites (N-methyl/N-ethyl adjacent to an activating group) is 1. The number of hydrogen-bond acceptors (Lipinski definition) is 3. The van der Waals surface area contributed by atoms with Crippen LogP contribution in [-0.4, -0.2) is 29.6 Å². The van der Waals surface area contributed by atoms with E-state index in [2.05, 4.69) is 11.9 Å². The second-order valence-electron chi connectivity index (χ2n) is 6.45. The summed E-state index contributed by atoms with van der Waals surface area (Å²) in [6.07, 6.45) is 6.15. The zero-order valence-electron chi connectivity index (χ0n) is 11.9. The molecule has 1 unspecified atom stereocenters. The topological polar surface area (TPSA) is 36.6 Å². The Morgan fingerprint density at radius 2 is 2.20 bits per heavy atom. The lowest BCUT2D eigenvalue weighted by atomic mass is 10.0. The van der Waals surface area contributed by atoms with Crippen molar-refractivity contribution in [2.24, 2.45) is 5.92 Å². The number of fused-ring (bicyclic) bond motifs is 3. The molecule has 2 aromatic rings. The Morgan fingerprint density at radius 3 is 3.00 bits per heavy atom. The number of phenolic OH excluding ortho intramolecular Hbond substituents is 1. The highest BCUT2D eigenvalue weighted by molar-refractivity contribution is 5.83. The summed E-state index contributed by atoms with van der Waals surface area (Å²) >= 11 is 0. The van der Waals surface area contributed by atoms with Crippen molar-refractivity contribution in [1.82, 2.24) is 4.90 Å². The van der Waals surface area contributed by atoms with E-state index in [0.29, 0.717) is 11.8 Å². The monoisotopic (exact) mass is 271 g/mol. The quantitative estimate of drug-likeness (QED) is 0.910. The van der Waals surface area contributed by atoms with E-state index in [1.807, 2.05) is 12.1 Å². The maximum absolute atomic E-state index is 9.70. The van der Waals surface area contributed by atoms with Crippen LogP contribution in [0.5, 0.6) is 5.75 Å². The van der Waals surface area contributed by atoms with Gasteiger partial charge in [0.2, 0.25) is 0 Å². The minimum atomic E-state index is 0.327. The highest BCUT2D eigenvalue weighted by Gasteiger charge is 2.31. The van der Waals surface area contributed by atoms with E-state index in [1.54, 1.807) is 6.07 Å². The van der Waals surface area contributed by atoms with E-state index >= 15 is 0 Å². The maximum atomic E-state index is 9.70. The molecule has 0 radical (unpaired) electrons. The van der Waals surface area contributed by atoms with Crippen molar-refractivity contribution in [2.45, 2.75) is 38.1 Å². The first-order valence-corrected chi connectivity index (χ1v) is 7.64. The lowest BCUT2D eigenvalue weighted by molar-refractivity contribution is 0.225. The van der Waals surface area contributed by atoms with Gasteiger partial charge in [-0.15, -0.1) is 0 Å². The van der Waals surface area contributed by atoms with Gasteiger partial charge >= 0.3 is 0 Å². The zero-order chi connectivity index (χ0) is 13.7. The largest absolute Gasteiger partial charge is 0.508 e. The predicted molar refractivity (Wildman–Crippen MR) is 79.0 cm³/mol. The minimum Gasteiger partial charge on any atom is -0.508 e. The van der Waals surface area contributed by atoms with Crippen LogP contribution in [0.25, 0.3) is 11.0 Å². The van der Waals surface area contributed by atoms with Gasteiger partial charge in [-0.2, -0.15) is 0 Å². The van der Waals surface area contributed by atoms with Gasteiger partial charge in [0, 0.05) is 30.0 Å². The lowest BCUT2D eigenvalue weighted by Crippen LogP contribution is -2.33. The fourth-order valence-electron chi connectivity index (χ4n) is 3.47. The number of rotatable bonds is 2. The molecule has 106 valence electrons. The molecule has 1 aromatic heterocycles. The highest BCUT2D eigenvalue weighted by atomic mass is 16.3. The molecule has 0 spiro atoms. The number of hydrogen-bond donors (Lipinski definition) is 1. The summed E-state index contributed by atoms with van der Waals surface area (Å²) in [5.41, 5.74) is 2.23. The van der Waals surface area contributed by atoms with Crippen LogP contribution in [-0.2, 0) is 12.8 Å². The average molecular weight is 271 g/mol. The highest BCUT2D eigenvalue weighted by Crippen LogP contribution is 2.38. The van der Waals surface area contributed by atoms with Gasteiger partial charge in [-0.05, 0) is 44.0 Å². The van der Waals surface area contributed by atoms with Crippen molar-refractivity contribution < 1.29 is 9.52 Å². The zero-order valence-corrected chi connectivity index (χ0v) is 11.9. The molecule has 3 heteroatoms. The third-order valence-corrected chi connectivity index (χ3v) is 4.92. The second-order valence-corrected chi connectivity index (χ2v) is 6.45. The number of furan rings is 1. The second kappa shape index (κ2) is 4.52. The van der Waals surface area contributed by atoms with E-state index in [4.69, 9.17) is 4.42 Å². The van der Waals surface area contributed by atoms with E-state index in [-0.39, 0.29) is 0 Å². The van der Waals surface area contributed by atoms with Gasteiger partial charge in [0.25, 0.3) is 0 Å². The SMILES string of the molecule is CN1CCc2c(oc3ccc(O)cc23)CC1CC1CC1. The molecule has 3 nitrogen and oxygen atoms in total. The van der Waals surface area contributed by atoms with Gasteiger partial charge in [-0.25, -0.2) is 0 Å². The summed E-state index contributed by atoms with van der Waals surface area (Å²) in [7, 11) is 2.23. The van der Waals surface area contributed by atoms with Crippen LogP contribution in [0.2, 0.25) is 0 Å². The summed E-state index contributed by atoms with van der Waals surface area (Å²) in [6, 6.07) is 6.05. The molecule has 4 rings (SSSR count). The number of nitrogens with zero attached hydrogens (tertiary/aromatic N) is 1. The van der Waals surface area contributed by atoms with Gasteiger partial charge in [0.05, 0.1) is 0 Å². The van der Waals surface area contributed by atoms with Crippen LogP contribution >= 0.6 is 0 Å². The molecular formula is C17H21NO2. The number of aromatic hydroxyl groups is 1. The van der Waals surface area contributed by atoms with Crippen molar-refractivity contribution in [3.8, 4) is 5.75 Å². The minimum absolute atomic E-state index is 0.327. The molecule has 1 aliphatic carbocycles. The molecule has 2 heterocycles. The maximum Gasteiger partial charge on any atom is 0.134 e. The van der Waals surface area contributed by atoms with Crippen molar-refractivity contribution in [3.05, 3.63) is 29.5 Å². The van der Waals surface area contributed by atoms with E-state index in [9.17, 15) is 5.11 Å². The molecule has 1 saturated carbocycles. The molecule has 1 atom stereocenters. The third kappa shape index (κ3) is 2.10. The smallest absolute Gasteiger partial charge is 0.134 e. The van der Waals surface area contributed by atoms with Gasteiger partial charge in [0.1, 0.15) is 17.1 Å². The van der Waals surface area contributed by atoms with Crippen molar-refractivity contribution in [3.63, 3.8) is 0 Å². The van der Waals surface area contributed by atoms with Gasteiger partial charge in [-0.3, -0.25) is 0 Å². The fraction of sp³-hybridized carbons (Fsp3) is 0.529. The Labute approximate surface area is 119 Å². The Morgan fingerprint density at radius 1 is 1.35 bits per heavy atom. The number of phenols is 1. The van der Waals surface area contributed by atoms with Crippen LogP contribution in [0.3, 0.4) is 0 Å².